The summed E-state index contributed by atoms with van der Waals surface area (Å²) in [6.07, 6.45) is 4.03. The standard InChI is InChI=1S/C15H25O2P/c1-5-13-18(4,6-2,7-3)17-15(16)14-11-9-8-10-12-14/h8-12H,5-7,13H2,1-4H3. The van der Waals surface area contributed by atoms with Crippen molar-refractivity contribution in [3.63, 3.8) is 0 Å². The van der Waals surface area contributed by atoms with Crippen LogP contribution >= 0.6 is 6.83 Å². The Balaban J connectivity index is 2.95. The predicted octanol–water partition coefficient (Wildman–Crippen LogP) is 4.39. The van der Waals surface area contributed by atoms with Crippen molar-refractivity contribution in [2.75, 3.05) is 25.2 Å². The Hall–Kier alpha value is -0.880. The van der Waals surface area contributed by atoms with Crippen molar-refractivity contribution < 1.29 is 9.32 Å². The fourth-order valence-electron chi connectivity index (χ4n) is 2.23. The second kappa shape index (κ2) is 5.84. The molecular formula is C15H25O2P. The van der Waals surface area contributed by atoms with Crippen LogP contribution in [-0.2, 0) is 4.52 Å². The molecule has 0 fully saturated rings. The average molecular weight is 268 g/mol. The van der Waals surface area contributed by atoms with Crippen LogP contribution in [0.2, 0.25) is 0 Å². The third kappa shape index (κ3) is 3.32. The zero-order valence-corrected chi connectivity index (χ0v) is 12.9. The molecule has 1 aromatic rings. The molecule has 0 bridgehead atoms. The van der Waals surface area contributed by atoms with Crippen molar-refractivity contribution in [1.82, 2.24) is 0 Å². The van der Waals surface area contributed by atoms with Gasteiger partial charge in [0.15, 0.2) is 0 Å². The topological polar surface area (TPSA) is 26.3 Å². The quantitative estimate of drug-likeness (QED) is 0.715. The molecular weight excluding hydrogens is 243 g/mol. The molecule has 1 rings (SSSR count). The second-order valence-corrected chi connectivity index (χ2v) is 11.6. The third-order valence-corrected chi connectivity index (χ3v) is 10.0. The zero-order valence-electron chi connectivity index (χ0n) is 12.0. The minimum atomic E-state index is -2.32. The van der Waals surface area contributed by atoms with Gasteiger partial charge in [-0.3, -0.25) is 0 Å². The molecule has 0 atom stereocenters. The van der Waals surface area contributed by atoms with E-state index in [-0.39, 0.29) is 5.97 Å². The Morgan fingerprint density at radius 3 is 2.11 bits per heavy atom. The molecule has 18 heavy (non-hydrogen) atoms. The van der Waals surface area contributed by atoms with E-state index >= 15 is 0 Å². The molecule has 0 radical (unpaired) electrons. The van der Waals surface area contributed by atoms with Crippen molar-refractivity contribution in [1.29, 1.82) is 0 Å². The summed E-state index contributed by atoms with van der Waals surface area (Å²) in [5.41, 5.74) is 0.659. The van der Waals surface area contributed by atoms with E-state index in [9.17, 15) is 4.79 Å². The molecule has 0 spiro atoms. The SMILES string of the molecule is CCCP(C)(CC)(CC)OC(=O)c1ccccc1. The van der Waals surface area contributed by atoms with E-state index < -0.39 is 6.83 Å². The maximum absolute atomic E-state index is 12.3. The molecule has 0 saturated heterocycles. The Labute approximate surface area is 111 Å². The molecule has 0 aliphatic rings. The van der Waals surface area contributed by atoms with Gasteiger partial charge >= 0.3 is 110 Å². The average Bonchev–Trinajstić information content (AvgIpc) is 2.40. The first kappa shape index (κ1) is 15.2. The van der Waals surface area contributed by atoms with E-state index in [0.717, 1.165) is 24.9 Å². The fourth-order valence-corrected chi connectivity index (χ4v) is 5.55. The van der Waals surface area contributed by atoms with Crippen molar-refractivity contribution in [2.45, 2.75) is 27.2 Å². The van der Waals surface area contributed by atoms with E-state index in [0.29, 0.717) is 5.56 Å². The normalized spacial score (nSPS) is 13.7. The van der Waals surface area contributed by atoms with Crippen LogP contribution in [0.3, 0.4) is 0 Å². The molecule has 0 aromatic heterocycles. The van der Waals surface area contributed by atoms with E-state index in [1.165, 1.54) is 0 Å². The van der Waals surface area contributed by atoms with Gasteiger partial charge in [-0.1, -0.05) is 0 Å². The third-order valence-electron chi connectivity index (χ3n) is 4.02. The Bertz CT molecular complexity index is 396. The Morgan fingerprint density at radius 1 is 1.11 bits per heavy atom. The first-order chi connectivity index (χ1) is 8.47. The number of rotatable bonds is 6. The molecule has 0 aliphatic heterocycles. The van der Waals surface area contributed by atoms with Crippen LogP contribution in [0.25, 0.3) is 0 Å². The summed E-state index contributed by atoms with van der Waals surface area (Å²) in [6, 6.07) is 9.30. The molecule has 102 valence electrons. The van der Waals surface area contributed by atoms with E-state index in [1.54, 1.807) is 0 Å². The van der Waals surface area contributed by atoms with Crippen LogP contribution in [-0.4, -0.2) is 31.1 Å². The number of hydrogen-bond donors (Lipinski definition) is 0. The predicted molar refractivity (Wildman–Crippen MR) is 80.9 cm³/mol. The van der Waals surface area contributed by atoms with E-state index in [2.05, 4.69) is 27.4 Å². The van der Waals surface area contributed by atoms with Crippen LogP contribution < -0.4 is 0 Å². The summed E-state index contributed by atoms with van der Waals surface area (Å²) in [7, 11) is 0. The summed E-state index contributed by atoms with van der Waals surface area (Å²) in [5, 5.41) is 0. The van der Waals surface area contributed by atoms with Crippen LogP contribution in [0.4, 0.5) is 0 Å². The van der Waals surface area contributed by atoms with Gasteiger partial charge in [-0.2, -0.15) is 0 Å². The molecule has 0 amide bonds. The van der Waals surface area contributed by atoms with Gasteiger partial charge in [0.25, 0.3) is 0 Å². The van der Waals surface area contributed by atoms with Gasteiger partial charge in [0.2, 0.25) is 0 Å². The zero-order chi connectivity index (χ0) is 13.7. The van der Waals surface area contributed by atoms with Gasteiger partial charge in [-0.25, -0.2) is 0 Å². The van der Waals surface area contributed by atoms with Gasteiger partial charge in [-0.15, -0.1) is 0 Å². The second-order valence-electron chi connectivity index (χ2n) is 5.29. The molecule has 0 N–H and O–H groups in total. The summed E-state index contributed by atoms with van der Waals surface area (Å²) < 4.78 is 6.04. The van der Waals surface area contributed by atoms with Crippen molar-refractivity contribution in [3.8, 4) is 0 Å². The molecule has 3 heteroatoms. The van der Waals surface area contributed by atoms with Crippen molar-refractivity contribution >= 4 is 12.8 Å². The summed E-state index contributed by atoms with van der Waals surface area (Å²) >= 11 is 0. The number of benzene rings is 1. The molecule has 0 saturated carbocycles. The van der Waals surface area contributed by atoms with Crippen molar-refractivity contribution in [2.24, 2.45) is 0 Å². The number of hydrogen-bond acceptors (Lipinski definition) is 2. The molecule has 2 nitrogen and oxygen atoms in total. The summed E-state index contributed by atoms with van der Waals surface area (Å²) in [5.74, 6) is -0.159. The van der Waals surface area contributed by atoms with Crippen LogP contribution in [0.1, 0.15) is 37.6 Å². The summed E-state index contributed by atoms with van der Waals surface area (Å²) in [4.78, 5) is 12.3. The van der Waals surface area contributed by atoms with Gasteiger partial charge in [0.05, 0.1) is 0 Å². The molecule has 0 unspecified atom stereocenters. The number of carbonyl (C=O) groups is 1. The van der Waals surface area contributed by atoms with Crippen LogP contribution in [0.15, 0.2) is 30.3 Å². The van der Waals surface area contributed by atoms with E-state index in [4.69, 9.17) is 4.52 Å². The van der Waals surface area contributed by atoms with Gasteiger partial charge in [0, 0.05) is 0 Å². The van der Waals surface area contributed by atoms with Crippen molar-refractivity contribution in [3.05, 3.63) is 35.9 Å². The monoisotopic (exact) mass is 268 g/mol. The maximum atomic E-state index is 12.3. The van der Waals surface area contributed by atoms with Crippen LogP contribution in [0.5, 0.6) is 0 Å². The van der Waals surface area contributed by atoms with E-state index in [1.807, 2.05) is 30.3 Å². The molecule has 1 aromatic carbocycles. The Morgan fingerprint density at radius 2 is 1.67 bits per heavy atom. The first-order valence-electron chi connectivity index (χ1n) is 6.77. The number of carbonyl (C=O) groups excluding carboxylic acids is 1. The van der Waals surface area contributed by atoms with Crippen LogP contribution in [0, 0.1) is 0 Å². The Kier molecular flexibility index (Phi) is 4.92. The minimum absolute atomic E-state index is 0.159. The van der Waals surface area contributed by atoms with Gasteiger partial charge in [-0.05, 0) is 0 Å². The molecule has 0 heterocycles. The molecule has 0 aliphatic carbocycles. The first-order valence-corrected chi connectivity index (χ1v) is 9.93. The summed E-state index contributed by atoms with van der Waals surface area (Å²) in [6.45, 7) is 6.34. The van der Waals surface area contributed by atoms with Gasteiger partial charge in [0.1, 0.15) is 0 Å². The fraction of sp³-hybridized carbons (Fsp3) is 0.533. The van der Waals surface area contributed by atoms with Gasteiger partial charge < -0.3 is 0 Å².